The highest BCUT2D eigenvalue weighted by Gasteiger charge is 2.26. The van der Waals surface area contributed by atoms with Gasteiger partial charge in [-0.3, -0.25) is 0 Å². The molecule has 0 saturated heterocycles. The summed E-state index contributed by atoms with van der Waals surface area (Å²) in [6.45, 7) is 3.29. The summed E-state index contributed by atoms with van der Waals surface area (Å²) < 4.78 is 1.08. The molecule has 2 rings (SSSR count). The van der Waals surface area contributed by atoms with Crippen molar-refractivity contribution in [1.29, 1.82) is 0 Å². The zero-order valence-corrected chi connectivity index (χ0v) is 13.2. The molecule has 0 aliphatic heterocycles. The van der Waals surface area contributed by atoms with Gasteiger partial charge < -0.3 is 5.32 Å². The second-order valence-electron chi connectivity index (χ2n) is 5.18. The lowest BCUT2D eigenvalue weighted by molar-refractivity contribution is 0.368. The highest BCUT2D eigenvalue weighted by molar-refractivity contribution is 9.10. The van der Waals surface area contributed by atoms with E-state index in [-0.39, 0.29) is 0 Å². The average Bonchev–Trinajstić information content (AvgIpc) is 2.82. The van der Waals surface area contributed by atoms with Crippen LogP contribution in [0.5, 0.6) is 0 Å². The first kappa shape index (κ1) is 14.4. The van der Waals surface area contributed by atoms with Crippen LogP contribution in [0.25, 0.3) is 0 Å². The molecular weight excluding hydrogens is 310 g/mol. The third kappa shape index (κ3) is 3.72. The summed E-state index contributed by atoms with van der Waals surface area (Å²) in [5, 5.41) is 4.52. The molecule has 1 unspecified atom stereocenters. The molecule has 100 valence electrons. The molecule has 0 heterocycles. The molecule has 1 saturated carbocycles. The van der Waals surface area contributed by atoms with E-state index >= 15 is 0 Å². The second kappa shape index (κ2) is 6.93. The van der Waals surface area contributed by atoms with Gasteiger partial charge in [-0.1, -0.05) is 47.3 Å². The molecule has 0 radical (unpaired) electrons. The third-order valence-electron chi connectivity index (χ3n) is 3.73. The number of hydrogen-bond donors (Lipinski definition) is 1. The van der Waals surface area contributed by atoms with E-state index < -0.39 is 0 Å². The van der Waals surface area contributed by atoms with E-state index in [2.05, 4.69) is 40.3 Å². The molecule has 1 aliphatic carbocycles. The Morgan fingerprint density at radius 1 is 1.33 bits per heavy atom. The first-order valence-corrected chi connectivity index (χ1v) is 8.07. The lowest BCUT2D eigenvalue weighted by atomic mass is 9.91. The Morgan fingerprint density at radius 3 is 2.67 bits per heavy atom. The molecule has 1 aromatic carbocycles. The van der Waals surface area contributed by atoms with Crippen LogP contribution in [-0.4, -0.2) is 6.54 Å². The Balaban J connectivity index is 2.20. The van der Waals surface area contributed by atoms with Crippen molar-refractivity contribution in [1.82, 2.24) is 5.32 Å². The van der Waals surface area contributed by atoms with Gasteiger partial charge in [-0.2, -0.15) is 0 Å². The molecule has 1 atom stereocenters. The number of nitrogens with one attached hydrogen (secondary N) is 1. The van der Waals surface area contributed by atoms with E-state index in [0.717, 1.165) is 22.0 Å². The fourth-order valence-electron chi connectivity index (χ4n) is 2.90. The molecule has 0 aromatic heterocycles. The van der Waals surface area contributed by atoms with Crippen molar-refractivity contribution < 1.29 is 0 Å². The predicted octanol–water partition coefficient (Wildman–Crippen LogP) is 5.33. The molecular formula is C15H21BrClN. The van der Waals surface area contributed by atoms with E-state index in [1.54, 1.807) is 0 Å². The van der Waals surface area contributed by atoms with Crippen molar-refractivity contribution in [2.24, 2.45) is 5.92 Å². The van der Waals surface area contributed by atoms with Crippen molar-refractivity contribution in [2.45, 2.75) is 45.1 Å². The van der Waals surface area contributed by atoms with Gasteiger partial charge in [0.25, 0.3) is 0 Å². The van der Waals surface area contributed by atoms with Gasteiger partial charge in [0.15, 0.2) is 0 Å². The van der Waals surface area contributed by atoms with Gasteiger partial charge >= 0.3 is 0 Å². The predicted molar refractivity (Wildman–Crippen MR) is 82.1 cm³/mol. The minimum atomic E-state index is 0.461. The maximum absolute atomic E-state index is 6.18. The maximum atomic E-state index is 6.18. The standard InChI is InChI=1S/C15H21BrClN/c1-2-7-18-15(11-5-3-4-6-11)12-8-13(16)10-14(17)9-12/h8-11,15,18H,2-7H2,1H3. The fraction of sp³-hybridized carbons (Fsp3) is 0.600. The van der Waals surface area contributed by atoms with Crippen molar-refractivity contribution in [3.8, 4) is 0 Å². The lowest BCUT2D eigenvalue weighted by Crippen LogP contribution is -2.27. The van der Waals surface area contributed by atoms with Gasteiger partial charge in [0.05, 0.1) is 0 Å². The Bertz CT molecular complexity index is 368. The van der Waals surface area contributed by atoms with Crippen molar-refractivity contribution in [2.75, 3.05) is 6.54 Å². The second-order valence-corrected chi connectivity index (χ2v) is 6.53. The number of benzene rings is 1. The molecule has 1 N–H and O–H groups in total. The first-order chi connectivity index (χ1) is 8.70. The van der Waals surface area contributed by atoms with Gasteiger partial charge in [0, 0.05) is 15.5 Å². The van der Waals surface area contributed by atoms with Gasteiger partial charge in [-0.25, -0.2) is 0 Å². The van der Waals surface area contributed by atoms with Crippen molar-refractivity contribution >= 4 is 27.5 Å². The van der Waals surface area contributed by atoms with Crippen LogP contribution in [0.15, 0.2) is 22.7 Å². The minimum Gasteiger partial charge on any atom is -0.310 e. The molecule has 1 nitrogen and oxygen atoms in total. The Morgan fingerprint density at radius 2 is 2.06 bits per heavy atom. The first-order valence-electron chi connectivity index (χ1n) is 6.90. The van der Waals surface area contributed by atoms with Crippen LogP contribution in [0.1, 0.15) is 50.6 Å². The number of hydrogen-bond acceptors (Lipinski definition) is 1. The van der Waals surface area contributed by atoms with Gasteiger partial charge in [-0.05, 0) is 55.5 Å². The monoisotopic (exact) mass is 329 g/mol. The molecule has 1 aliphatic rings. The van der Waals surface area contributed by atoms with Crippen LogP contribution in [-0.2, 0) is 0 Å². The molecule has 1 fully saturated rings. The molecule has 0 spiro atoms. The summed E-state index contributed by atoms with van der Waals surface area (Å²) in [6.07, 6.45) is 6.59. The van der Waals surface area contributed by atoms with E-state index in [1.807, 2.05) is 6.07 Å². The third-order valence-corrected chi connectivity index (χ3v) is 4.41. The number of rotatable bonds is 5. The smallest absolute Gasteiger partial charge is 0.0420 e. The van der Waals surface area contributed by atoms with E-state index in [9.17, 15) is 0 Å². The quantitative estimate of drug-likeness (QED) is 0.769. The largest absolute Gasteiger partial charge is 0.310 e. The molecule has 18 heavy (non-hydrogen) atoms. The summed E-state index contributed by atoms with van der Waals surface area (Å²) in [7, 11) is 0. The van der Waals surface area contributed by atoms with Crippen LogP contribution in [0.4, 0.5) is 0 Å². The molecule has 1 aromatic rings. The van der Waals surface area contributed by atoms with Gasteiger partial charge in [0.1, 0.15) is 0 Å². The zero-order chi connectivity index (χ0) is 13.0. The van der Waals surface area contributed by atoms with E-state index in [1.165, 1.54) is 37.7 Å². The van der Waals surface area contributed by atoms with Crippen LogP contribution in [0.2, 0.25) is 5.02 Å². The highest BCUT2D eigenvalue weighted by atomic mass is 79.9. The normalized spacial score (nSPS) is 18.2. The molecule has 0 bridgehead atoms. The Labute approximate surface area is 123 Å². The number of halogens is 2. The van der Waals surface area contributed by atoms with Crippen molar-refractivity contribution in [3.63, 3.8) is 0 Å². The van der Waals surface area contributed by atoms with Gasteiger partial charge in [-0.15, -0.1) is 0 Å². The van der Waals surface area contributed by atoms with Crippen molar-refractivity contribution in [3.05, 3.63) is 33.3 Å². The summed E-state index contributed by atoms with van der Waals surface area (Å²) in [5.74, 6) is 0.766. The zero-order valence-electron chi connectivity index (χ0n) is 10.9. The minimum absolute atomic E-state index is 0.461. The SMILES string of the molecule is CCCNC(c1cc(Cl)cc(Br)c1)C1CCCC1. The molecule has 3 heteroatoms. The molecule has 0 amide bonds. The van der Waals surface area contributed by atoms with E-state index in [4.69, 9.17) is 11.6 Å². The highest BCUT2D eigenvalue weighted by Crippen LogP contribution is 2.37. The van der Waals surface area contributed by atoms with E-state index in [0.29, 0.717) is 6.04 Å². The Hall–Kier alpha value is -0.0500. The van der Waals surface area contributed by atoms with Gasteiger partial charge in [0.2, 0.25) is 0 Å². The fourth-order valence-corrected chi connectivity index (χ4v) is 3.79. The Kier molecular flexibility index (Phi) is 5.53. The van der Waals surface area contributed by atoms with Crippen LogP contribution in [0.3, 0.4) is 0 Å². The average molecular weight is 331 g/mol. The van der Waals surface area contributed by atoms with Crippen LogP contribution in [0, 0.1) is 5.92 Å². The summed E-state index contributed by atoms with van der Waals surface area (Å²) in [5.41, 5.74) is 1.33. The van der Waals surface area contributed by atoms with Crippen LogP contribution < -0.4 is 5.32 Å². The summed E-state index contributed by atoms with van der Waals surface area (Å²) in [4.78, 5) is 0. The topological polar surface area (TPSA) is 12.0 Å². The summed E-state index contributed by atoms with van der Waals surface area (Å²) in [6, 6.07) is 6.73. The lowest BCUT2D eigenvalue weighted by Gasteiger charge is -2.25. The summed E-state index contributed by atoms with van der Waals surface area (Å²) >= 11 is 9.72. The maximum Gasteiger partial charge on any atom is 0.0420 e. The van der Waals surface area contributed by atoms with Crippen LogP contribution >= 0.6 is 27.5 Å².